The molecule has 1 N–H and O–H groups in total. The van der Waals surface area contributed by atoms with E-state index in [-0.39, 0.29) is 17.9 Å². The molecule has 4 aromatic rings. The first-order valence-electron chi connectivity index (χ1n) is 7.77. The van der Waals surface area contributed by atoms with Crippen LogP contribution in [0, 0.1) is 0 Å². The molecular weight excluding hydrogens is 336 g/mol. The van der Waals surface area contributed by atoms with Crippen molar-refractivity contribution in [2.45, 2.75) is 13.1 Å². The lowest BCUT2D eigenvalue weighted by molar-refractivity contribution is -0.121. The molecule has 0 saturated heterocycles. The third-order valence-electron chi connectivity index (χ3n) is 3.83. The smallest absolute Gasteiger partial charge is 0.242 e. The quantitative estimate of drug-likeness (QED) is 0.613. The number of carbonyl (C=O) groups is 1. The predicted octanol–water partition coefficient (Wildman–Crippen LogP) is 2.32. The molecule has 1 amide bonds. The zero-order valence-electron chi connectivity index (χ0n) is 13.2. The molecule has 2 heterocycles. The Balaban J connectivity index is 1.49. The van der Waals surface area contributed by atoms with Gasteiger partial charge in [-0.2, -0.15) is 5.10 Å². The highest BCUT2D eigenvalue weighted by atomic mass is 32.1. The number of fused-ring (bicyclic) bond motifs is 2. The molecule has 0 saturated carbocycles. The van der Waals surface area contributed by atoms with Crippen LogP contribution in [-0.4, -0.2) is 20.7 Å². The molecule has 6 nitrogen and oxygen atoms in total. The number of rotatable bonds is 4. The highest BCUT2D eigenvalue weighted by molar-refractivity contribution is 7.18. The molecule has 0 atom stereocenters. The number of carbonyl (C=O) groups excluding carboxylic acids is 1. The zero-order valence-corrected chi connectivity index (χ0v) is 14.0. The minimum atomic E-state index is -0.180. The summed E-state index contributed by atoms with van der Waals surface area (Å²) in [5.41, 5.74) is 1.43. The SMILES string of the molecule is O=C(Cn1ncc(=O)c2ccccc21)NCc1nc2ccccc2s1. The van der Waals surface area contributed by atoms with Crippen LogP contribution < -0.4 is 10.7 Å². The van der Waals surface area contributed by atoms with Crippen molar-refractivity contribution in [2.75, 3.05) is 0 Å². The third kappa shape index (κ3) is 3.14. The Morgan fingerprint density at radius 1 is 1.12 bits per heavy atom. The van der Waals surface area contributed by atoms with Crippen LogP contribution in [0.15, 0.2) is 59.5 Å². The second kappa shape index (κ2) is 6.45. The van der Waals surface area contributed by atoms with Crippen molar-refractivity contribution in [3.05, 3.63) is 70.0 Å². The number of aromatic nitrogens is 3. The average Bonchev–Trinajstić information content (AvgIpc) is 3.06. The normalized spacial score (nSPS) is 11.0. The van der Waals surface area contributed by atoms with Crippen LogP contribution in [0.2, 0.25) is 0 Å². The summed E-state index contributed by atoms with van der Waals surface area (Å²) in [5, 5.41) is 8.33. The van der Waals surface area contributed by atoms with Gasteiger partial charge in [-0.1, -0.05) is 24.3 Å². The highest BCUT2D eigenvalue weighted by Gasteiger charge is 2.09. The van der Waals surface area contributed by atoms with E-state index in [1.807, 2.05) is 30.3 Å². The fourth-order valence-corrected chi connectivity index (χ4v) is 3.56. The molecule has 7 heteroatoms. The molecule has 2 aromatic carbocycles. The first kappa shape index (κ1) is 15.5. The highest BCUT2D eigenvalue weighted by Crippen LogP contribution is 2.21. The number of hydrogen-bond acceptors (Lipinski definition) is 5. The van der Waals surface area contributed by atoms with Gasteiger partial charge >= 0.3 is 0 Å². The first-order valence-corrected chi connectivity index (χ1v) is 8.58. The molecule has 0 aliphatic carbocycles. The molecule has 124 valence electrons. The molecule has 25 heavy (non-hydrogen) atoms. The van der Waals surface area contributed by atoms with Crippen LogP contribution in [-0.2, 0) is 17.9 Å². The maximum absolute atomic E-state index is 12.3. The zero-order chi connectivity index (χ0) is 17.2. The maximum atomic E-state index is 12.3. The van der Waals surface area contributed by atoms with Gasteiger partial charge in [0, 0.05) is 5.39 Å². The van der Waals surface area contributed by atoms with E-state index in [9.17, 15) is 9.59 Å². The number of nitrogens with one attached hydrogen (secondary N) is 1. The number of nitrogens with zero attached hydrogens (tertiary/aromatic N) is 3. The van der Waals surface area contributed by atoms with E-state index in [0.29, 0.717) is 17.4 Å². The van der Waals surface area contributed by atoms with Gasteiger partial charge in [0.1, 0.15) is 11.6 Å². The Morgan fingerprint density at radius 3 is 2.80 bits per heavy atom. The predicted molar refractivity (Wildman–Crippen MR) is 97.5 cm³/mol. The van der Waals surface area contributed by atoms with Crippen LogP contribution in [0.25, 0.3) is 21.1 Å². The summed E-state index contributed by atoms with van der Waals surface area (Å²) in [6, 6.07) is 15.0. The van der Waals surface area contributed by atoms with Crippen molar-refractivity contribution >= 4 is 38.4 Å². The van der Waals surface area contributed by atoms with Crippen LogP contribution >= 0.6 is 11.3 Å². The summed E-state index contributed by atoms with van der Waals surface area (Å²) in [5.74, 6) is -0.180. The second-order valence-electron chi connectivity index (χ2n) is 5.54. The minimum absolute atomic E-state index is 0.0473. The van der Waals surface area contributed by atoms with Crippen molar-refractivity contribution in [1.29, 1.82) is 0 Å². The van der Waals surface area contributed by atoms with E-state index in [0.717, 1.165) is 15.2 Å². The second-order valence-corrected chi connectivity index (χ2v) is 6.65. The van der Waals surface area contributed by atoms with Gasteiger partial charge < -0.3 is 5.32 Å². The molecule has 4 rings (SSSR count). The van der Waals surface area contributed by atoms with E-state index < -0.39 is 0 Å². The van der Waals surface area contributed by atoms with E-state index >= 15 is 0 Å². The standard InChI is InChI=1S/C18H14N4O2S/c23-15-9-20-22(14-7-3-1-5-12(14)15)11-17(24)19-10-18-21-13-6-2-4-8-16(13)25-18/h1-9H,10-11H2,(H,19,24). The molecule has 0 bridgehead atoms. The van der Waals surface area contributed by atoms with Crippen molar-refractivity contribution < 1.29 is 4.79 Å². The molecule has 0 unspecified atom stereocenters. The van der Waals surface area contributed by atoms with Gasteiger partial charge in [0.05, 0.1) is 28.5 Å². The Morgan fingerprint density at radius 2 is 1.92 bits per heavy atom. The van der Waals surface area contributed by atoms with E-state index in [1.165, 1.54) is 10.9 Å². The lowest BCUT2D eigenvalue weighted by Crippen LogP contribution is -2.28. The minimum Gasteiger partial charge on any atom is -0.348 e. The summed E-state index contributed by atoms with van der Waals surface area (Å²) >= 11 is 1.56. The monoisotopic (exact) mass is 350 g/mol. The van der Waals surface area contributed by atoms with Gasteiger partial charge in [0.2, 0.25) is 11.3 Å². The van der Waals surface area contributed by atoms with Gasteiger partial charge in [-0.05, 0) is 24.3 Å². The molecule has 0 spiro atoms. The number of hydrogen-bond donors (Lipinski definition) is 1. The van der Waals surface area contributed by atoms with Crippen LogP contribution in [0.1, 0.15) is 5.01 Å². The molecule has 0 aliphatic rings. The molecule has 0 radical (unpaired) electrons. The van der Waals surface area contributed by atoms with Crippen LogP contribution in [0.5, 0.6) is 0 Å². The lowest BCUT2D eigenvalue weighted by Gasteiger charge is -2.09. The Bertz CT molecular complexity index is 1100. The van der Waals surface area contributed by atoms with Gasteiger partial charge in [0.25, 0.3) is 0 Å². The van der Waals surface area contributed by atoms with Crippen molar-refractivity contribution in [3.8, 4) is 0 Å². The van der Waals surface area contributed by atoms with Crippen LogP contribution in [0.3, 0.4) is 0 Å². The largest absolute Gasteiger partial charge is 0.348 e. The summed E-state index contributed by atoms with van der Waals surface area (Å²) < 4.78 is 2.63. The Hall–Kier alpha value is -3.06. The van der Waals surface area contributed by atoms with E-state index in [4.69, 9.17) is 0 Å². The first-order chi connectivity index (χ1) is 12.2. The summed E-state index contributed by atoms with van der Waals surface area (Å²) in [6.07, 6.45) is 1.24. The number of thiazole rings is 1. The number of para-hydroxylation sites is 2. The summed E-state index contributed by atoms with van der Waals surface area (Å²) in [4.78, 5) is 28.6. The average molecular weight is 350 g/mol. The van der Waals surface area contributed by atoms with Gasteiger partial charge in [0.15, 0.2) is 0 Å². The van der Waals surface area contributed by atoms with Crippen molar-refractivity contribution in [1.82, 2.24) is 20.1 Å². The molecular formula is C18H14N4O2S. The van der Waals surface area contributed by atoms with Crippen LogP contribution in [0.4, 0.5) is 0 Å². The van der Waals surface area contributed by atoms with Gasteiger partial charge in [-0.25, -0.2) is 4.98 Å². The summed E-state index contributed by atoms with van der Waals surface area (Å²) in [7, 11) is 0. The summed E-state index contributed by atoms with van der Waals surface area (Å²) in [6.45, 7) is 0.419. The molecule has 0 aliphatic heterocycles. The Labute approximate surface area is 146 Å². The van der Waals surface area contributed by atoms with Crippen molar-refractivity contribution in [2.24, 2.45) is 0 Å². The third-order valence-corrected chi connectivity index (χ3v) is 4.87. The van der Waals surface area contributed by atoms with Gasteiger partial charge in [-0.3, -0.25) is 14.3 Å². The fraction of sp³-hybridized carbons (Fsp3) is 0.111. The number of benzene rings is 2. The fourth-order valence-electron chi connectivity index (χ4n) is 2.65. The van der Waals surface area contributed by atoms with E-state index in [2.05, 4.69) is 15.4 Å². The number of amides is 1. The topological polar surface area (TPSA) is 76.9 Å². The molecule has 0 fully saturated rings. The lowest BCUT2D eigenvalue weighted by atomic mass is 10.2. The van der Waals surface area contributed by atoms with Gasteiger partial charge in [-0.15, -0.1) is 11.3 Å². The maximum Gasteiger partial charge on any atom is 0.242 e. The molecule has 2 aromatic heterocycles. The van der Waals surface area contributed by atoms with E-state index in [1.54, 1.807) is 29.5 Å². The van der Waals surface area contributed by atoms with Crippen molar-refractivity contribution in [3.63, 3.8) is 0 Å². The Kier molecular flexibility index (Phi) is 3.99.